The molecule has 0 unspecified atom stereocenters. The lowest BCUT2D eigenvalue weighted by Gasteiger charge is -2.24. The molecule has 3 nitrogen and oxygen atoms in total. The van der Waals surface area contributed by atoms with Crippen LogP contribution in [-0.2, 0) is 0 Å². The van der Waals surface area contributed by atoms with Crippen molar-refractivity contribution >= 4 is 12.4 Å². The summed E-state index contributed by atoms with van der Waals surface area (Å²) in [6.07, 6.45) is 7.57. The molecule has 94 valence electrons. The fourth-order valence-electron chi connectivity index (χ4n) is 1.68. The van der Waals surface area contributed by atoms with E-state index in [1.54, 1.807) is 12.1 Å². The Labute approximate surface area is 102 Å². The molecule has 1 N–H and O–H groups in total. The van der Waals surface area contributed by atoms with E-state index in [4.69, 9.17) is 4.42 Å². The van der Waals surface area contributed by atoms with E-state index in [1.165, 1.54) is 0 Å². The quantitative estimate of drug-likeness (QED) is 0.738. The van der Waals surface area contributed by atoms with Crippen LogP contribution in [0.5, 0.6) is 0 Å². The summed E-state index contributed by atoms with van der Waals surface area (Å²) in [6, 6.07) is 3.40. The van der Waals surface area contributed by atoms with Crippen LogP contribution in [0.1, 0.15) is 55.8 Å². The van der Waals surface area contributed by atoms with Crippen molar-refractivity contribution in [1.82, 2.24) is 0 Å². The molecule has 1 heterocycles. The predicted molar refractivity (Wildman–Crippen MR) is 67.9 cm³/mol. The molecule has 0 amide bonds. The largest absolute Gasteiger partial charge is 0.454 e. The van der Waals surface area contributed by atoms with Gasteiger partial charge in [-0.15, -0.1) is 0 Å². The fourth-order valence-corrected chi connectivity index (χ4v) is 1.68. The summed E-state index contributed by atoms with van der Waals surface area (Å²) in [5, 5.41) is 10.1. The lowest BCUT2D eigenvalue weighted by Crippen LogP contribution is -2.25. The van der Waals surface area contributed by atoms with Gasteiger partial charge in [0, 0.05) is 0 Å². The van der Waals surface area contributed by atoms with Gasteiger partial charge in [0.2, 0.25) is 0 Å². The molecule has 0 bridgehead atoms. The van der Waals surface area contributed by atoms with E-state index in [0.717, 1.165) is 25.7 Å². The molecule has 0 atom stereocenters. The lowest BCUT2D eigenvalue weighted by atomic mass is 9.92. The Morgan fingerprint density at radius 3 is 2.47 bits per heavy atom. The highest BCUT2D eigenvalue weighted by Crippen LogP contribution is 2.21. The molecular formula is C14H20O3. The van der Waals surface area contributed by atoms with Gasteiger partial charge in [0.25, 0.3) is 0 Å². The lowest BCUT2D eigenvalue weighted by molar-refractivity contribution is 0.0246. The molecule has 1 rings (SSSR count). The number of furan rings is 1. The van der Waals surface area contributed by atoms with Crippen molar-refractivity contribution < 1.29 is 14.3 Å². The van der Waals surface area contributed by atoms with Crippen LogP contribution in [0.3, 0.4) is 0 Å². The minimum absolute atomic E-state index is 0.336. The fraction of sp³-hybridized carbons (Fsp3) is 0.500. The first-order valence-corrected chi connectivity index (χ1v) is 6.07. The minimum Gasteiger partial charge on any atom is -0.454 e. The summed E-state index contributed by atoms with van der Waals surface area (Å²) in [7, 11) is 0. The number of carbonyl (C=O) groups is 1. The average Bonchev–Trinajstić information content (AvgIpc) is 2.82. The summed E-state index contributed by atoms with van der Waals surface area (Å²) in [5.74, 6) is 1.01. The van der Waals surface area contributed by atoms with Gasteiger partial charge in [0.05, 0.1) is 5.60 Å². The maximum Gasteiger partial charge on any atom is 0.185 e. The summed E-state index contributed by atoms with van der Waals surface area (Å²) in [4.78, 5) is 10.4. The summed E-state index contributed by atoms with van der Waals surface area (Å²) in [6.45, 7) is 3.99. The Hall–Kier alpha value is -1.35. The van der Waals surface area contributed by atoms with Crippen LogP contribution in [0.25, 0.3) is 6.08 Å². The number of hydrogen-bond donors (Lipinski definition) is 1. The third-order valence-electron chi connectivity index (χ3n) is 3.14. The van der Waals surface area contributed by atoms with Crippen LogP contribution < -0.4 is 0 Å². The van der Waals surface area contributed by atoms with Gasteiger partial charge in [-0.1, -0.05) is 19.9 Å². The molecule has 0 saturated heterocycles. The molecule has 0 aliphatic heterocycles. The van der Waals surface area contributed by atoms with Crippen LogP contribution >= 0.6 is 0 Å². The SMILES string of the molecule is CCC(O)(CC)CC/C=C\c1ccc(C=O)o1. The van der Waals surface area contributed by atoms with Crippen LogP contribution in [0.15, 0.2) is 22.6 Å². The molecule has 3 heteroatoms. The molecule has 0 aromatic carbocycles. The number of rotatable bonds is 7. The molecule has 0 radical (unpaired) electrons. The monoisotopic (exact) mass is 236 g/mol. The number of aliphatic hydroxyl groups is 1. The molecule has 0 aliphatic rings. The highest BCUT2D eigenvalue weighted by Gasteiger charge is 2.20. The third kappa shape index (κ3) is 4.19. The van der Waals surface area contributed by atoms with Crippen molar-refractivity contribution in [2.75, 3.05) is 0 Å². The molecule has 0 spiro atoms. The standard InChI is InChI=1S/C14H20O3/c1-3-14(16,4-2)10-6-5-7-12-8-9-13(11-15)17-12/h5,7-9,11,16H,3-4,6,10H2,1-2H3/b7-5-. The average molecular weight is 236 g/mol. The number of carbonyl (C=O) groups excluding carboxylic acids is 1. The number of aldehydes is 1. The predicted octanol–water partition coefficient (Wildman–Crippen LogP) is 3.44. The van der Waals surface area contributed by atoms with Crippen LogP contribution in [-0.4, -0.2) is 17.0 Å². The molecule has 1 aromatic rings. The molecule has 17 heavy (non-hydrogen) atoms. The van der Waals surface area contributed by atoms with E-state index in [1.807, 2.05) is 26.0 Å². The Bertz CT molecular complexity index is 373. The van der Waals surface area contributed by atoms with Crippen LogP contribution in [0.2, 0.25) is 0 Å². The summed E-state index contributed by atoms with van der Waals surface area (Å²) < 4.78 is 5.20. The molecular weight excluding hydrogens is 216 g/mol. The van der Waals surface area contributed by atoms with Crippen molar-refractivity contribution in [1.29, 1.82) is 0 Å². The first-order valence-electron chi connectivity index (χ1n) is 6.07. The van der Waals surface area contributed by atoms with E-state index in [0.29, 0.717) is 17.8 Å². The van der Waals surface area contributed by atoms with Gasteiger partial charge in [0.1, 0.15) is 5.76 Å². The van der Waals surface area contributed by atoms with Gasteiger partial charge in [-0.25, -0.2) is 0 Å². The highest BCUT2D eigenvalue weighted by molar-refractivity contribution is 5.71. The molecule has 0 aliphatic carbocycles. The second-order valence-electron chi connectivity index (χ2n) is 4.23. The molecule has 1 aromatic heterocycles. The Morgan fingerprint density at radius 1 is 1.29 bits per heavy atom. The van der Waals surface area contributed by atoms with Crippen molar-refractivity contribution in [2.45, 2.75) is 45.1 Å². The van der Waals surface area contributed by atoms with Crippen molar-refractivity contribution in [3.8, 4) is 0 Å². The highest BCUT2D eigenvalue weighted by atomic mass is 16.3. The van der Waals surface area contributed by atoms with Crippen molar-refractivity contribution in [2.24, 2.45) is 0 Å². The zero-order chi connectivity index (χ0) is 12.7. The Kier molecular flexibility index (Phi) is 5.16. The maximum atomic E-state index is 10.4. The van der Waals surface area contributed by atoms with Crippen molar-refractivity contribution in [3.63, 3.8) is 0 Å². The van der Waals surface area contributed by atoms with Crippen LogP contribution in [0, 0.1) is 0 Å². The van der Waals surface area contributed by atoms with Crippen LogP contribution in [0.4, 0.5) is 0 Å². The van der Waals surface area contributed by atoms with E-state index in [2.05, 4.69) is 0 Å². The Morgan fingerprint density at radius 2 is 1.94 bits per heavy atom. The van der Waals surface area contributed by atoms with Gasteiger partial charge < -0.3 is 9.52 Å². The van der Waals surface area contributed by atoms with Gasteiger partial charge in [0.15, 0.2) is 12.0 Å². The molecule has 0 saturated carbocycles. The van der Waals surface area contributed by atoms with Gasteiger partial charge >= 0.3 is 0 Å². The first kappa shape index (κ1) is 13.7. The summed E-state index contributed by atoms with van der Waals surface area (Å²) >= 11 is 0. The van der Waals surface area contributed by atoms with Gasteiger partial charge in [-0.3, -0.25) is 4.79 Å². The second kappa shape index (κ2) is 6.40. The molecule has 0 fully saturated rings. The van der Waals surface area contributed by atoms with E-state index in [-0.39, 0.29) is 0 Å². The Balaban J connectivity index is 2.42. The van der Waals surface area contributed by atoms with Crippen molar-refractivity contribution in [3.05, 3.63) is 29.7 Å². The van der Waals surface area contributed by atoms with E-state index in [9.17, 15) is 9.90 Å². The van der Waals surface area contributed by atoms with E-state index < -0.39 is 5.60 Å². The maximum absolute atomic E-state index is 10.4. The van der Waals surface area contributed by atoms with Gasteiger partial charge in [-0.2, -0.15) is 0 Å². The number of hydrogen-bond acceptors (Lipinski definition) is 3. The normalized spacial score (nSPS) is 12.2. The zero-order valence-corrected chi connectivity index (χ0v) is 10.5. The first-order chi connectivity index (χ1) is 8.13. The number of allylic oxidation sites excluding steroid dienone is 1. The van der Waals surface area contributed by atoms with E-state index >= 15 is 0 Å². The topological polar surface area (TPSA) is 50.4 Å². The van der Waals surface area contributed by atoms with Gasteiger partial charge in [-0.05, 0) is 43.9 Å². The summed E-state index contributed by atoms with van der Waals surface area (Å²) in [5.41, 5.74) is -0.554. The second-order valence-corrected chi connectivity index (χ2v) is 4.23. The zero-order valence-electron chi connectivity index (χ0n) is 10.5. The smallest absolute Gasteiger partial charge is 0.185 e. The third-order valence-corrected chi connectivity index (χ3v) is 3.14. The minimum atomic E-state index is -0.554.